The van der Waals surface area contributed by atoms with Crippen LogP contribution in [-0.2, 0) is 71.5 Å². The number of carbonyl (C=O) groups is 7. The Morgan fingerprint density at radius 2 is 1.50 bits per heavy atom. The number of thiol groups is 1. The number of carbonyl (C=O) groups excluding carboxylic acids is 7. The smallest absolute Gasteiger partial charge is 0.394 e. The highest BCUT2D eigenvalue weighted by Crippen LogP contribution is 2.39. The number of hydrogen-bond donors (Lipinski definition) is 8. The molecule has 1 aliphatic heterocycles. The van der Waals surface area contributed by atoms with Crippen LogP contribution in [0.15, 0.2) is 42.9 Å². The van der Waals surface area contributed by atoms with Crippen LogP contribution in [-0.4, -0.2) is 152 Å². The minimum absolute atomic E-state index is 0.00167. The number of likely N-dealkylation sites (tertiary alicyclic amines) is 1. The maximum Gasteiger partial charge on any atom is 0.469 e. The number of rotatable bonds is 41. The largest absolute Gasteiger partial charge is 0.469 e. The van der Waals surface area contributed by atoms with E-state index in [1.54, 1.807) is 12.5 Å². The monoisotopic (exact) mass is 1110 g/mol. The van der Waals surface area contributed by atoms with Crippen molar-refractivity contribution in [1.29, 1.82) is 0 Å². The Morgan fingerprint density at radius 1 is 0.855 bits per heavy atom. The van der Waals surface area contributed by atoms with Crippen molar-refractivity contribution in [2.75, 3.05) is 51.9 Å². The van der Waals surface area contributed by atoms with Crippen LogP contribution in [0, 0.1) is 17.8 Å². The molecule has 3 rings (SSSR count). The van der Waals surface area contributed by atoms with E-state index in [0.717, 1.165) is 51.9 Å². The van der Waals surface area contributed by atoms with Crippen molar-refractivity contribution in [3.05, 3.63) is 54.1 Å². The summed E-state index contributed by atoms with van der Waals surface area (Å²) in [5.41, 5.74) is 7.64. The molecule has 0 saturated carbocycles. The molecule has 8 N–H and O–H groups in total. The number of ketones is 3. The molecule has 2 aromatic rings. The number of imidazole rings is 1. The molecular weight excluding hydrogens is 1020 g/mol. The molecule has 1 aliphatic rings. The number of benzene rings is 1. The number of unbranched alkanes of at least 4 members (excludes halogenated alkanes) is 7. The highest BCUT2D eigenvalue weighted by molar-refractivity contribution is 7.80. The van der Waals surface area contributed by atoms with Crippen LogP contribution < -0.4 is 21.7 Å². The molecule has 0 bridgehead atoms. The van der Waals surface area contributed by atoms with Crippen LogP contribution in [0.5, 0.6) is 0 Å². The van der Waals surface area contributed by atoms with Crippen molar-refractivity contribution >= 4 is 61.4 Å². The number of nitrogens with two attached hydrogens (primary N) is 1. The molecule has 1 fully saturated rings. The van der Waals surface area contributed by atoms with Crippen LogP contribution in [0.3, 0.4) is 0 Å². The summed E-state index contributed by atoms with van der Waals surface area (Å²) in [5.74, 6) is -6.05. The molecule has 76 heavy (non-hydrogen) atoms. The average Bonchev–Trinajstić information content (AvgIpc) is 4.06. The summed E-state index contributed by atoms with van der Waals surface area (Å²) < 4.78 is 29.2. The number of Topliss-reactive ketones (excluding diaryl/α,β-unsaturated/α-hetero) is 3. The number of ether oxygens (including phenoxy) is 2. The third-order valence-electron chi connectivity index (χ3n) is 13.4. The number of aliphatic hydroxyl groups excluding tert-OH is 1. The second kappa shape index (κ2) is 35.9. The van der Waals surface area contributed by atoms with E-state index in [-0.39, 0.29) is 82.1 Å². The average molecular weight is 1110 g/mol. The number of amides is 4. The minimum atomic E-state index is -5.04. The third-order valence-corrected chi connectivity index (χ3v) is 14.4. The lowest BCUT2D eigenvalue weighted by molar-refractivity contribution is -0.140. The molecule has 23 heteroatoms. The van der Waals surface area contributed by atoms with Crippen molar-refractivity contribution in [3.63, 3.8) is 0 Å². The highest BCUT2D eigenvalue weighted by Gasteiger charge is 2.38. The molecule has 0 unspecified atom stereocenters. The first kappa shape index (κ1) is 65.9. The van der Waals surface area contributed by atoms with Crippen molar-refractivity contribution in [3.8, 4) is 0 Å². The molecule has 1 saturated heterocycles. The second-order valence-corrected chi connectivity index (χ2v) is 21.7. The summed E-state index contributed by atoms with van der Waals surface area (Å²) in [6.07, 6.45) is 11.8. The van der Waals surface area contributed by atoms with Gasteiger partial charge >= 0.3 is 7.82 Å². The fourth-order valence-electron chi connectivity index (χ4n) is 9.17. The topological polar surface area (TPSA) is 308 Å². The number of aryl methyl sites for hydroxylation is 2. The maximum absolute atomic E-state index is 14.5. The molecule has 0 aliphatic carbocycles. The predicted octanol–water partition coefficient (Wildman–Crippen LogP) is 3.82. The van der Waals surface area contributed by atoms with Crippen LogP contribution in [0.4, 0.5) is 0 Å². The summed E-state index contributed by atoms with van der Waals surface area (Å²) in [5, 5.41) is 18.5. The van der Waals surface area contributed by atoms with Gasteiger partial charge in [0.05, 0.1) is 75.8 Å². The van der Waals surface area contributed by atoms with Gasteiger partial charge in [0.2, 0.25) is 23.6 Å². The van der Waals surface area contributed by atoms with Crippen LogP contribution >= 0.6 is 20.5 Å². The lowest BCUT2D eigenvalue weighted by atomic mass is 9.89. The molecule has 7 atom stereocenters. The second-order valence-electron chi connectivity index (χ2n) is 20.1. The first-order valence-electron chi connectivity index (χ1n) is 26.9. The van der Waals surface area contributed by atoms with E-state index in [4.69, 9.17) is 15.2 Å². The van der Waals surface area contributed by atoms with Gasteiger partial charge in [0.25, 0.3) is 0 Å². The Bertz CT molecular complexity index is 2150. The molecule has 21 nitrogen and oxygen atoms in total. The number of aliphatic hydroxyl groups is 1. The molecule has 0 radical (unpaired) electrons. The number of nitrogens with one attached hydrogen (secondary N) is 3. The predicted molar refractivity (Wildman–Crippen MR) is 289 cm³/mol. The van der Waals surface area contributed by atoms with Crippen LogP contribution in [0.25, 0.3) is 0 Å². The normalized spacial score (nSPS) is 16.1. The Labute approximate surface area is 453 Å². The quantitative estimate of drug-likeness (QED) is 0.0267. The number of nitrogens with zero attached hydrogens (tertiary/aromatic N) is 3. The van der Waals surface area contributed by atoms with Crippen molar-refractivity contribution < 1.29 is 67.0 Å². The summed E-state index contributed by atoms with van der Waals surface area (Å²) in [6, 6.07) is 6.34. The van der Waals surface area contributed by atoms with Crippen molar-refractivity contribution in [1.82, 2.24) is 30.4 Å². The summed E-state index contributed by atoms with van der Waals surface area (Å²) >= 11 is 4.00. The van der Waals surface area contributed by atoms with E-state index in [9.17, 15) is 53.0 Å². The fraction of sp³-hybridized carbons (Fsp3) is 0.698. The minimum Gasteiger partial charge on any atom is -0.394 e. The van der Waals surface area contributed by atoms with Gasteiger partial charge in [0.15, 0.2) is 11.6 Å². The SMILES string of the molecule is CC(=O)[C@@H](CC(=O)[C@H](CO)NC(=O)[C@@H](CC(=O)[C@H](CC(C)C)NC(=O)[C@@H]1CCCN1C(=O)CCOCCOCCNC(=O)[C@@H](N)CS)Cc1cncn1CCCCCCCCCCc1ccccc1)[C@@H](C)OP(=O)(O)O. The van der Waals surface area contributed by atoms with E-state index in [2.05, 4.69) is 62.4 Å². The number of phosphoric ester groups is 1. The molecule has 4 amide bonds. The maximum atomic E-state index is 14.5. The van der Waals surface area contributed by atoms with Gasteiger partial charge in [-0.3, -0.25) is 38.1 Å². The Balaban J connectivity index is 1.68. The van der Waals surface area contributed by atoms with Crippen molar-refractivity contribution in [2.45, 2.75) is 167 Å². The zero-order valence-corrected chi connectivity index (χ0v) is 46.8. The van der Waals surface area contributed by atoms with Gasteiger partial charge < -0.3 is 55.5 Å². The first-order chi connectivity index (χ1) is 36.2. The van der Waals surface area contributed by atoms with Gasteiger partial charge in [0, 0.05) is 56.5 Å². The van der Waals surface area contributed by atoms with Gasteiger partial charge in [-0.25, -0.2) is 9.55 Å². The van der Waals surface area contributed by atoms with Crippen LogP contribution in [0.1, 0.15) is 129 Å². The Kier molecular flexibility index (Phi) is 31.1. The molecule has 428 valence electrons. The number of hydrogen-bond acceptors (Lipinski definition) is 15. The zero-order chi connectivity index (χ0) is 56.0. The summed E-state index contributed by atoms with van der Waals surface area (Å²) in [4.78, 5) is 119. The van der Waals surface area contributed by atoms with E-state index in [1.807, 2.05) is 24.5 Å². The van der Waals surface area contributed by atoms with E-state index in [1.165, 1.54) is 30.2 Å². The molecular formula is C53H86N7O14PS. The zero-order valence-electron chi connectivity index (χ0n) is 45.0. The first-order valence-corrected chi connectivity index (χ1v) is 29.0. The Hall–Kier alpha value is -4.38. The van der Waals surface area contributed by atoms with E-state index in [0.29, 0.717) is 31.6 Å². The van der Waals surface area contributed by atoms with E-state index < -0.39 is 92.1 Å². The fourth-order valence-corrected chi connectivity index (χ4v) is 9.92. The number of phosphoric acid groups is 1. The summed E-state index contributed by atoms with van der Waals surface area (Å²) in [7, 11) is -5.04. The van der Waals surface area contributed by atoms with Crippen LogP contribution in [0.2, 0.25) is 0 Å². The van der Waals surface area contributed by atoms with Gasteiger partial charge in [0.1, 0.15) is 17.9 Å². The molecule has 2 heterocycles. The van der Waals surface area contributed by atoms with Gasteiger partial charge in [-0.2, -0.15) is 12.6 Å². The summed E-state index contributed by atoms with van der Waals surface area (Å²) in [6.45, 7) is 7.21. The molecule has 1 aromatic carbocycles. The molecule has 1 aromatic heterocycles. The lowest BCUT2D eigenvalue weighted by Crippen LogP contribution is -2.52. The van der Waals surface area contributed by atoms with Gasteiger partial charge in [-0.1, -0.05) is 82.7 Å². The van der Waals surface area contributed by atoms with Gasteiger partial charge in [-0.15, -0.1) is 0 Å². The Morgan fingerprint density at radius 3 is 2.13 bits per heavy atom. The van der Waals surface area contributed by atoms with E-state index >= 15 is 0 Å². The standard InChI is InChI=1S/C53H86N7O14PS/c1-37(2)29-45(57-53(68)47-20-16-24-60(47)50(65)21-25-72-27-28-73-26-22-56-52(67)44(54)35-76)48(63)31-41(51(66)58-46(34-61)49(64)32-43(38(3)62)39(4)74-75(69,70)71)30-42-33-55-36-59(42)23-15-10-8-6-5-7-9-12-17-40-18-13-11-14-19-40/h11,13-14,18-19,33,36-37,39,41,43-47,61,76H,5-10,12,15-17,20-32,34-35,54H2,1-4H3,(H,56,67)(H,57,68)(H,58,66)(H2,69,70,71)/t39-,41-,43-,44+,45+,46+,47+/m1/s1. The molecule has 0 spiro atoms. The third kappa shape index (κ3) is 25.4. The van der Waals surface area contributed by atoms with Gasteiger partial charge in [-0.05, 0) is 63.9 Å². The number of aromatic nitrogens is 2. The lowest BCUT2D eigenvalue weighted by Gasteiger charge is -2.28. The van der Waals surface area contributed by atoms with Crippen molar-refractivity contribution in [2.24, 2.45) is 23.5 Å². The highest BCUT2D eigenvalue weighted by atomic mass is 32.1.